The molecule has 1 aliphatic heterocycles. The third kappa shape index (κ3) is 2.83. The molecule has 0 spiro atoms. The molecular weight excluding hydrogens is 344 g/mol. The van der Waals surface area contributed by atoms with Crippen molar-refractivity contribution in [3.8, 4) is 0 Å². The van der Waals surface area contributed by atoms with Gasteiger partial charge in [0.05, 0.1) is 6.04 Å². The maximum absolute atomic E-state index is 12.7. The highest BCUT2D eigenvalue weighted by Gasteiger charge is 2.53. The highest BCUT2D eigenvalue weighted by Crippen LogP contribution is 2.63. The zero-order chi connectivity index (χ0) is 19.3. The summed E-state index contributed by atoms with van der Waals surface area (Å²) in [7, 11) is 0. The Balaban J connectivity index is 1.52. The molecule has 0 aromatic heterocycles. The molecule has 3 nitrogen and oxygen atoms in total. The molecule has 6 atom stereocenters. The summed E-state index contributed by atoms with van der Waals surface area (Å²) in [6.07, 6.45) is 5.00. The number of nitrogens with one attached hydrogen (secondary N) is 2. The molecule has 2 N–H and O–H groups in total. The highest BCUT2D eigenvalue weighted by atomic mass is 16.1. The number of carbonyl (C=O) groups excluding carboxylic acids is 1. The zero-order valence-electron chi connectivity index (χ0n) is 16.8. The summed E-state index contributed by atoms with van der Waals surface area (Å²) < 4.78 is 0. The van der Waals surface area contributed by atoms with E-state index in [0.29, 0.717) is 17.9 Å². The van der Waals surface area contributed by atoms with Crippen LogP contribution >= 0.6 is 0 Å². The average molecular weight is 375 g/mol. The topological polar surface area (TPSA) is 41.1 Å². The molecule has 2 saturated carbocycles. The fourth-order valence-corrected chi connectivity index (χ4v) is 6.03. The van der Waals surface area contributed by atoms with E-state index in [0.717, 1.165) is 23.8 Å². The molecule has 5 rings (SSSR count). The van der Waals surface area contributed by atoms with Gasteiger partial charge in [-0.05, 0) is 85.6 Å². The summed E-state index contributed by atoms with van der Waals surface area (Å²) in [5.41, 5.74) is 4.80. The maximum Gasteiger partial charge on any atom is 0.251 e. The lowest BCUT2D eigenvalue weighted by atomic mass is 9.68. The van der Waals surface area contributed by atoms with E-state index in [1.807, 2.05) is 6.07 Å². The van der Waals surface area contributed by atoms with Crippen LogP contribution in [0.4, 0.5) is 5.69 Å². The summed E-state index contributed by atoms with van der Waals surface area (Å²) in [6, 6.07) is 17.8. The Morgan fingerprint density at radius 1 is 1.14 bits per heavy atom. The Labute approximate surface area is 167 Å². The van der Waals surface area contributed by atoms with Gasteiger partial charge in [0, 0.05) is 17.3 Å². The SMILES string of the molecule is CC[C@H](C)NC(=O)c1ccc2c(c1)[C@H]1[C@@H]3CC[C@@H](C3)[C@@H]1[C@H](c1ccccc1)N2. The van der Waals surface area contributed by atoms with Crippen LogP contribution in [0.5, 0.6) is 0 Å². The lowest BCUT2D eigenvalue weighted by Crippen LogP contribution is -2.36. The summed E-state index contributed by atoms with van der Waals surface area (Å²) in [6.45, 7) is 4.17. The van der Waals surface area contributed by atoms with Crippen molar-refractivity contribution in [2.75, 3.05) is 5.32 Å². The van der Waals surface area contributed by atoms with Gasteiger partial charge in [-0.15, -0.1) is 0 Å². The van der Waals surface area contributed by atoms with Crippen LogP contribution < -0.4 is 10.6 Å². The van der Waals surface area contributed by atoms with E-state index in [2.05, 4.69) is 66.9 Å². The molecule has 1 amide bonds. The standard InChI is InChI=1S/C25H30N2O/c1-3-15(2)26-25(28)19-11-12-21-20(14-19)22-17-9-10-18(13-17)23(22)24(27-21)16-7-5-4-6-8-16/h4-8,11-12,14-15,17-18,22-24,27H,3,9-10,13H2,1-2H3,(H,26,28)/t15-,17+,18-,22+,23-,24-/m0/s1. The molecule has 28 heavy (non-hydrogen) atoms. The minimum Gasteiger partial charge on any atom is -0.378 e. The first-order valence-electron chi connectivity index (χ1n) is 10.9. The number of carbonyl (C=O) groups is 1. The summed E-state index contributed by atoms with van der Waals surface area (Å²) in [5, 5.41) is 6.98. The van der Waals surface area contributed by atoms with Gasteiger partial charge in [-0.1, -0.05) is 37.3 Å². The van der Waals surface area contributed by atoms with Crippen LogP contribution in [-0.4, -0.2) is 11.9 Å². The van der Waals surface area contributed by atoms with E-state index in [1.165, 1.54) is 36.1 Å². The zero-order valence-corrected chi connectivity index (χ0v) is 16.8. The van der Waals surface area contributed by atoms with Gasteiger partial charge >= 0.3 is 0 Å². The van der Waals surface area contributed by atoms with Crippen LogP contribution in [0.1, 0.15) is 73.0 Å². The Hall–Kier alpha value is -2.29. The summed E-state index contributed by atoms with van der Waals surface area (Å²) in [5.74, 6) is 2.86. The van der Waals surface area contributed by atoms with E-state index < -0.39 is 0 Å². The second-order valence-corrected chi connectivity index (χ2v) is 9.05. The molecule has 146 valence electrons. The normalized spacial score (nSPS) is 30.9. The van der Waals surface area contributed by atoms with Crippen LogP contribution in [-0.2, 0) is 0 Å². The largest absolute Gasteiger partial charge is 0.378 e. The van der Waals surface area contributed by atoms with Crippen LogP contribution in [0.3, 0.4) is 0 Å². The van der Waals surface area contributed by atoms with Gasteiger partial charge in [0.25, 0.3) is 5.91 Å². The first kappa shape index (κ1) is 17.8. The molecule has 0 saturated heterocycles. The quantitative estimate of drug-likeness (QED) is 0.741. The molecule has 3 aliphatic rings. The molecule has 3 heteroatoms. The molecule has 2 fully saturated rings. The van der Waals surface area contributed by atoms with Crippen molar-refractivity contribution >= 4 is 11.6 Å². The lowest BCUT2D eigenvalue weighted by molar-refractivity contribution is 0.0939. The van der Waals surface area contributed by atoms with Crippen molar-refractivity contribution in [3.05, 3.63) is 65.2 Å². The smallest absolute Gasteiger partial charge is 0.251 e. The van der Waals surface area contributed by atoms with Gasteiger partial charge in [-0.25, -0.2) is 0 Å². The number of hydrogen-bond donors (Lipinski definition) is 2. The Morgan fingerprint density at radius 2 is 1.93 bits per heavy atom. The number of benzene rings is 2. The highest BCUT2D eigenvalue weighted by molar-refractivity contribution is 5.95. The molecule has 2 aromatic carbocycles. The Bertz CT molecular complexity index is 877. The number of fused-ring (bicyclic) bond motifs is 7. The van der Waals surface area contributed by atoms with Crippen molar-refractivity contribution in [3.63, 3.8) is 0 Å². The maximum atomic E-state index is 12.7. The number of rotatable bonds is 4. The van der Waals surface area contributed by atoms with Crippen molar-refractivity contribution in [1.29, 1.82) is 0 Å². The predicted octanol–water partition coefficient (Wildman–Crippen LogP) is 5.51. The number of hydrogen-bond acceptors (Lipinski definition) is 2. The second-order valence-electron chi connectivity index (χ2n) is 9.05. The lowest BCUT2D eigenvalue weighted by Gasteiger charge is -2.43. The first-order chi connectivity index (χ1) is 13.7. The van der Waals surface area contributed by atoms with Gasteiger partial charge in [-0.3, -0.25) is 4.79 Å². The summed E-state index contributed by atoms with van der Waals surface area (Å²) >= 11 is 0. The van der Waals surface area contributed by atoms with Crippen LogP contribution in [0.25, 0.3) is 0 Å². The summed E-state index contributed by atoms with van der Waals surface area (Å²) in [4.78, 5) is 12.7. The third-order valence-electron chi connectivity index (χ3n) is 7.50. The van der Waals surface area contributed by atoms with Crippen LogP contribution in [0.15, 0.2) is 48.5 Å². The minimum atomic E-state index is 0.0574. The average Bonchev–Trinajstić information content (AvgIpc) is 3.36. The van der Waals surface area contributed by atoms with Crippen molar-refractivity contribution < 1.29 is 4.79 Å². The van der Waals surface area contributed by atoms with Gasteiger partial charge in [0.1, 0.15) is 0 Å². The monoisotopic (exact) mass is 374 g/mol. The second kappa shape index (κ2) is 6.95. The van der Waals surface area contributed by atoms with Gasteiger partial charge in [0.2, 0.25) is 0 Å². The van der Waals surface area contributed by atoms with Crippen molar-refractivity contribution in [2.24, 2.45) is 17.8 Å². The van der Waals surface area contributed by atoms with Crippen LogP contribution in [0.2, 0.25) is 0 Å². The van der Waals surface area contributed by atoms with E-state index in [9.17, 15) is 4.79 Å². The van der Waals surface area contributed by atoms with Gasteiger partial charge < -0.3 is 10.6 Å². The fourth-order valence-electron chi connectivity index (χ4n) is 6.03. The van der Waals surface area contributed by atoms with Gasteiger partial charge in [-0.2, -0.15) is 0 Å². The minimum absolute atomic E-state index is 0.0574. The Morgan fingerprint density at radius 3 is 2.71 bits per heavy atom. The molecule has 2 aromatic rings. The molecule has 0 unspecified atom stereocenters. The Kier molecular flexibility index (Phi) is 4.41. The van der Waals surface area contributed by atoms with Crippen LogP contribution in [0, 0.1) is 17.8 Å². The van der Waals surface area contributed by atoms with Crippen molar-refractivity contribution in [2.45, 2.75) is 57.5 Å². The first-order valence-corrected chi connectivity index (χ1v) is 10.9. The fraction of sp³-hybridized carbons (Fsp3) is 0.480. The van der Waals surface area contributed by atoms with Gasteiger partial charge in [0.15, 0.2) is 0 Å². The predicted molar refractivity (Wildman–Crippen MR) is 114 cm³/mol. The van der Waals surface area contributed by atoms with E-state index in [4.69, 9.17) is 0 Å². The molecule has 2 bridgehead atoms. The number of anilines is 1. The van der Waals surface area contributed by atoms with E-state index in [1.54, 1.807) is 0 Å². The molecule has 1 heterocycles. The van der Waals surface area contributed by atoms with Crippen molar-refractivity contribution in [1.82, 2.24) is 5.32 Å². The third-order valence-corrected chi connectivity index (χ3v) is 7.50. The van der Waals surface area contributed by atoms with E-state index in [-0.39, 0.29) is 11.9 Å². The molecule has 0 radical (unpaired) electrons. The van der Waals surface area contributed by atoms with E-state index >= 15 is 0 Å². The molecular formula is C25H30N2O. The number of amides is 1. The molecule has 2 aliphatic carbocycles.